The number of hydrazone groups is 2. The molecule has 3 aromatic heterocycles. The van der Waals surface area contributed by atoms with E-state index in [1.807, 2.05) is 230 Å². The number of Topliss-reactive ketones (excluding diaryl/α,β-unsaturated/α-hetero) is 1. The van der Waals surface area contributed by atoms with Gasteiger partial charge in [0.25, 0.3) is 17.4 Å². The van der Waals surface area contributed by atoms with Crippen LogP contribution in [0, 0.1) is 42.4 Å². The maximum Gasteiger partial charge on any atom is 0.325 e. The maximum absolute atomic E-state index is 13.5. The lowest BCUT2D eigenvalue weighted by molar-refractivity contribution is -0.159. The molecule has 5 fully saturated rings. The van der Waals surface area contributed by atoms with E-state index in [0.717, 1.165) is 145 Å². The van der Waals surface area contributed by atoms with Gasteiger partial charge in [0.05, 0.1) is 52.1 Å². The number of carbonyl (C=O) groups excluding carboxylic acids is 5. The van der Waals surface area contributed by atoms with E-state index in [2.05, 4.69) is 66.1 Å². The number of rotatable bonds is 16. The number of allylic oxidation sites excluding steroid dienone is 1. The monoisotopic (exact) mass is 1750 g/mol. The van der Waals surface area contributed by atoms with Crippen LogP contribution in [0.15, 0.2) is 292 Å². The maximum atomic E-state index is 13.5. The summed E-state index contributed by atoms with van der Waals surface area (Å²) in [5.41, 5.74) is 16.2. The molecule has 20 nitrogen and oxygen atoms in total. The summed E-state index contributed by atoms with van der Waals surface area (Å²) >= 11 is 3.12. The zero-order valence-electron chi connectivity index (χ0n) is 71.5. The molecule has 646 valence electrons. The molecular formula is C104H103N11O9S3. The minimum atomic E-state index is -3.49. The number of aryl methyl sites for hydroxylation is 5. The van der Waals surface area contributed by atoms with Gasteiger partial charge < -0.3 is 20.8 Å². The van der Waals surface area contributed by atoms with Crippen molar-refractivity contribution < 1.29 is 37.5 Å². The van der Waals surface area contributed by atoms with Crippen LogP contribution in [-0.4, -0.2) is 114 Å². The van der Waals surface area contributed by atoms with E-state index in [1.165, 1.54) is 86.9 Å². The zero-order valence-corrected chi connectivity index (χ0v) is 73.9. The highest BCUT2D eigenvalue weighted by molar-refractivity contribution is 8.16. The molecule has 10 aliphatic rings. The summed E-state index contributed by atoms with van der Waals surface area (Å²) in [6, 6.07) is 76.5. The van der Waals surface area contributed by atoms with Crippen molar-refractivity contribution >= 4 is 101 Å². The number of sulfonamides is 1. The molecule has 4 saturated carbocycles. The van der Waals surface area contributed by atoms with Gasteiger partial charge in [-0.3, -0.25) is 33.4 Å². The van der Waals surface area contributed by atoms with Crippen LogP contribution >= 0.6 is 23.1 Å². The number of carbonyl (C=O) groups is 5. The van der Waals surface area contributed by atoms with Crippen LogP contribution in [0.25, 0.3) is 21.1 Å². The van der Waals surface area contributed by atoms with Crippen LogP contribution in [0.5, 0.6) is 0 Å². The van der Waals surface area contributed by atoms with E-state index >= 15 is 0 Å². The summed E-state index contributed by atoms with van der Waals surface area (Å²) in [4.78, 5) is 91.1. The average Bonchev–Trinajstić information content (AvgIpc) is 1.07. The lowest BCUT2D eigenvalue weighted by atomic mass is 9.49. The number of benzene rings is 9. The van der Waals surface area contributed by atoms with Gasteiger partial charge in [-0.15, -0.1) is 17.8 Å². The van der Waals surface area contributed by atoms with Crippen LogP contribution in [-0.2, 0) is 70.4 Å². The minimum absolute atomic E-state index is 0.000506. The van der Waals surface area contributed by atoms with E-state index in [-0.39, 0.29) is 51.5 Å². The van der Waals surface area contributed by atoms with Crippen LogP contribution in [0.2, 0.25) is 0 Å². The van der Waals surface area contributed by atoms with Gasteiger partial charge in [-0.1, -0.05) is 255 Å². The molecule has 23 heteroatoms. The Morgan fingerprint density at radius 1 is 0.677 bits per heavy atom. The fourth-order valence-corrected chi connectivity index (χ4v) is 22.8. The number of fused-ring (bicyclic) bond motifs is 6. The molecule has 0 radical (unpaired) electrons. The predicted octanol–water partition coefficient (Wildman–Crippen LogP) is 18.5. The molecule has 9 aromatic carbocycles. The molecule has 127 heavy (non-hydrogen) atoms. The number of aromatic amines is 1. The topological polar surface area (TPSA) is 261 Å². The number of para-hydroxylation sites is 1. The van der Waals surface area contributed by atoms with Crippen LogP contribution in [0.1, 0.15) is 170 Å². The van der Waals surface area contributed by atoms with Gasteiger partial charge in [0, 0.05) is 89.3 Å². The number of hydrogen-bond donors (Lipinski definition) is 4. The molecule has 0 spiro atoms. The third-order valence-corrected chi connectivity index (χ3v) is 29.6. The SMILES string of the molecule is C#CC1(O)c2ccccc2CCc2ccccc21.CCN(CC)S(=O)(=O)c1ccc(C(=O)N=C2CC=CS2)cc1.Cc1ccc(CN2C(=O)NC(Cc3c[nH]c4ccccc34)C2=O)cc1.O=C(C1=NNCC1c1ccccc1)c1ccccc1.O=C(N1N=CCC1c1ccccc1)C12CC3CC(CC(C3)C1)C2.O=c1c2c3c(sc2ncn1Cc1ccccc1)CCC3. The number of aliphatic imine (C=N–C) groups is 1. The average molecular weight is 1750 g/mol. The number of imide groups is 1. The lowest BCUT2D eigenvalue weighted by Gasteiger charge is -2.56. The molecule has 6 aliphatic carbocycles. The van der Waals surface area contributed by atoms with Crippen molar-refractivity contribution in [2.45, 2.75) is 152 Å². The standard InChI is InChI=1S/C20H19N3O2.C20H24N2O.C17H14O.C16H14N2OS.C16H14N2O.C15H18N2O3S2/c1-13-6-8-14(9-7-13)12-23-19(24)18(22-20(23)25)10-15-11-21-17-5-3-2-4-16(15)17;23-19(20-11-14-8-15(12-20)10-16(9-14)13-20)22-18(6-7-21-22)17-4-2-1-3-5-17;1-2-17(18)15-9-5-3-7-13(15)11-12-14-8-4-6-10-16(14)17;19-16-14-12-7-4-8-13(12)20-15(14)17-10-18(16)9-11-5-2-1-3-6-11;19-16(13-9-5-2-6-10-13)15-14(11-17-18-15)12-7-3-1-4-8-12;1-3-17(4-2)22(19,20)13-9-7-12(8-10-13)15(18)16-14-6-5-11-21-14/h2-9,11,18,21H,10,12H2,1H3,(H,22,25);1-5,7,14-16,18H,6,8-13H2;1,3-10,18H,11-12H2;1-3,5-6,10H,4,7-9H2;1-10,14,17H,11H2;5,7-11H,3-4,6H2,1-2H3. The lowest BCUT2D eigenvalue weighted by Crippen LogP contribution is -2.53. The van der Waals surface area contributed by atoms with Gasteiger partial charge in [-0.2, -0.15) is 14.5 Å². The highest BCUT2D eigenvalue weighted by Gasteiger charge is 2.57. The Labute approximate surface area is 749 Å². The van der Waals surface area contributed by atoms with E-state index in [1.54, 1.807) is 36.1 Å². The number of nitrogens with one attached hydrogen (secondary N) is 3. The van der Waals surface area contributed by atoms with Gasteiger partial charge in [0.15, 0.2) is 5.60 Å². The zero-order chi connectivity index (χ0) is 88.2. The number of aromatic nitrogens is 3. The van der Waals surface area contributed by atoms with Crippen LogP contribution < -0.4 is 16.3 Å². The highest BCUT2D eigenvalue weighted by Crippen LogP contribution is 2.61. The van der Waals surface area contributed by atoms with E-state index in [9.17, 15) is 42.3 Å². The van der Waals surface area contributed by atoms with Crippen molar-refractivity contribution in [3.63, 3.8) is 0 Å². The van der Waals surface area contributed by atoms with Crippen molar-refractivity contribution in [1.82, 2.24) is 39.5 Å². The van der Waals surface area contributed by atoms with Gasteiger partial charge in [0.2, 0.25) is 21.7 Å². The van der Waals surface area contributed by atoms with Gasteiger partial charge in [0.1, 0.15) is 16.6 Å². The number of urea groups is 1. The number of aliphatic hydroxyl groups is 1. The number of thioether (sulfide) groups is 1. The van der Waals surface area contributed by atoms with Gasteiger partial charge in [-0.25, -0.2) is 28.2 Å². The van der Waals surface area contributed by atoms with Crippen LogP contribution in [0.4, 0.5) is 4.79 Å². The number of amides is 5. The molecule has 7 heterocycles. The molecule has 4 N–H and O–H groups in total. The smallest absolute Gasteiger partial charge is 0.325 e. The van der Waals surface area contributed by atoms with Crippen molar-refractivity contribution in [2.75, 3.05) is 19.6 Å². The number of thiophene rings is 1. The molecule has 3 atom stereocenters. The summed E-state index contributed by atoms with van der Waals surface area (Å²) < 4.78 is 27.8. The summed E-state index contributed by atoms with van der Waals surface area (Å²) in [5, 5.41) is 28.9. The number of H-pyrrole nitrogens is 1. The molecule has 22 rings (SSSR count). The molecule has 4 aliphatic heterocycles. The fourth-order valence-electron chi connectivity index (χ4n) is 19.5. The number of nitrogens with zero attached hydrogens (tertiary/aromatic N) is 8. The second-order valence-electron chi connectivity index (χ2n) is 33.8. The number of ketones is 1. The summed E-state index contributed by atoms with van der Waals surface area (Å²) in [6.45, 7) is 7.99. The molecule has 1 saturated heterocycles. The Bertz CT molecular complexity index is 6270. The summed E-state index contributed by atoms with van der Waals surface area (Å²) in [7, 11) is -3.49. The predicted molar refractivity (Wildman–Crippen MR) is 504 cm³/mol. The molecule has 3 unspecified atom stereocenters. The fraction of sp³-hybridized carbons (Fsp3) is 0.288. The van der Waals surface area contributed by atoms with Crippen molar-refractivity contribution in [1.29, 1.82) is 0 Å². The highest BCUT2D eigenvalue weighted by atomic mass is 32.2. The van der Waals surface area contributed by atoms with E-state index < -0.39 is 21.7 Å². The molecule has 5 amide bonds. The Kier molecular flexibility index (Phi) is 27.4. The van der Waals surface area contributed by atoms with Crippen molar-refractivity contribution in [3.8, 4) is 12.3 Å². The van der Waals surface area contributed by atoms with Gasteiger partial charge >= 0.3 is 6.03 Å². The van der Waals surface area contributed by atoms with Gasteiger partial charge in [-0.05, 0) is 176 Å². The van der Waals surface area contributed by atoms with Crippen molar-refractivity contribution in [2.24, 2.45) is 38.4 Å². The summed E-state index contributed by atoms with van der Waals surface area (Å²) in [6.07, 6.45) is 27.7. The quantitative estimate of drug-likeness (QED) is 0.0400. The first-order valence-corrected chi connectivity index (χ1v) is 46.9. The second-order valence-corrected chi connectivity index (χ2v) is 37.8. The number of terminal acetylenes is 1. The Hall–Kier alpha value is -12.6. The first kappa shape index (κ1) is 87.9. The minimum Gasteiger partial charge on any atom is -0.369 e. The largest absolute Gasteiger partial charge is 0.369 e. The number of hydrogen-bond acceptors (Lipinski definition) is 15. The summed E-state index contributed by atoms with van der Waals surface area (Å²) in [5.74, 6) is 4.82. The van der Waals surface area contributed by atoms with Crippen molar-refractivity contribution in [3.05, 3.63) is 354 Å². The Morgan fingerprint density at radius 3 is 1.91 bits per heavy atom. The molecule has 4 bridgehead atoms. The molecule has 12 aromatic rings. The second kappa shape index (κ2) is 39.5. The first-order valence-electron chi connectivity index (χ1n) is 43.8. The normalized spacial score (nSPS) is 20.8. The van der Waals surface area contributed by atoms with Crippen LogP contribution in [0.3, 0.4) is 0 Å². The Balaban J connectivity index is 0.000000112. The van der Waals surface area contributed by atoms with E-state index in [0.29, 0.717) is 68.3 Å². The van der Waals surface area contributed by atoms with E-state index in [4.69, 9.17) is 6.42 Å². The third-order valence-electron chi connectivity index (χ3n) is 25.5. The first-order chi connectivity index (χ1) is 61.8. The Morgan fingerprint density at radius 2 is 1.28 bits per heavy atom. The third kappa shape index (κ3) is 19.6. The molecular weight excluding hydrogens is 1640 g/mol.